The lowest BCUT2D eigenvalue weighted by atomic mass is 10.0. The highest BCUT2D eigenvalue weighted by Gasteiger charge is 2.27. The Morgan fingerprint density at radius 1 is 1.53 bits per heavy atom. The Balaban J connectivity index is 2.20. The molecule has 1 aliphatic heterocycles. The highest BCUT2D eigenvalue weighted by molar-refractivity contribution is 7.91. The van der Waals surface area contributed by atoms with Crippen molar-refractivity contribution in [1.29, 1.82) is 0 Å². The SMILES string of the molecule is O=Cc1cc(C2CCCS(=O)(=O)C2)[nH]n1. The van der Waals surface area contributed by atoms with Crippen LogP contribution in [0.2, 0.25) is 0 Å². The molecule has 1 unspecified atom stereocenters. The molecule has 1 aromatic rings. The highest BCUT2D eigenvalue weighted by Crippen LogP contribution is 2.26. The summed E-state index contributed by atoms with van der Waals surface area (Å²) in [5, 5.41) is 6.49. The summed E-state index contributed by atoms with van der Waals surface area (Å²) < 4.78 is 22.8. The molecule has 5 nitrogen and oxygen atoms in total. The van der Waals surface area contributed by atoms with Crippen LogP contribution in [-0.4, -0.2) is 36.4 Å². The van der Waals surface area contributed by atoms with E-state index in [0.717, 1.165) is 12.1 Å². The molecule has 1 aromatic heterocycles. The van der Waals surface area contributed by atoms with Crippen LogP contribution in [0, 0.1) is 0 Å². The quantitative estimate of drug-likeness (QED) is 0.748. The fraction of sp³-hybridized carbons (Fsp3) is 0.556. The molecule has 2 rings (SSSR count). The van der Waals surface area contributed by atoms with Gasteiger partial charge in [0, 0.05) is 11.6 Å². The summed E-state index contributed by atoms with van der Waals surface area (Å²) in [5.74, 6) is 0.399. The maximum absolute atomic E-state index is 11.4. The van der Waals surface area contributed by atoms with Crippen LogP contribution in [-0.2, 0) is 9.84 Å². The number of hydrogen-bond donors (Lipinski definition) is 1. The van der Waals surface area contributed by atoms with Crippen LogP contribution >= 0.6 is 0 Å². The molecule has 0 aliphatic carbocycles. The molecule has 6 heteroatoms. The first-order chi connectivity index (χ1) is 7.11. The van der Waals surface area contributed by atoms with E-state index in [4.69, 9.17) is 0 Å². The van der Waals surface area contributed by atoms with Gasteiger partial charge < -0.3 is 0 Å². The van der Waals surface area contributed by atoms with Gasteiger partial charge in [-0.05, 0) is 18.9 Å². The molecule has 15 heavy (non-hydrogen) atoms. The van der Waals surface area contributed by atoms with Crippen molar-refractivity contribution in [1.82, 2.24) is 10.2 Å². The van der Waals surface area contributed by atoms with Crippen LogP contribution in [0.15, 0.2) is 6.07 Å². The Bertz CT molecular complexity index is 463. The lowest BCUT2D eigenvalue weighted by Crippen LogP contribution is -2.23. The molecule has 1 saturated heterocycles. The summed E-state index contributed by atoms with van der Waals surface area (Å²) in [5.41, 5.74) is 1.08. The van der Waals surface area contributed by atoms with E-state index in [-0.39, 0.29) is 17.4 Å². The summed E-state index contributed by atoms with van der Waals surface area (Å²) >= 11 is 0. The molecule has 0 radical (unpaired) electrons. The molecule has 0 amide bonds. The Labute approximate surface area is 87.8 Å². The number of nitrogens with zero attached hydrogens (tertiary/aromatic N) is 1. The molecule has 0 saturated carbocycles. The van der Waals surface area contributed by atoms with Crippen LogP contribution in [0.4, 0.5) is 0 Å². The van der Waals surface area contributed by atoms with Gasteiger partial charge in [-0.15, -0.1) is 0 Å². The lowest BCUT2D eigenvalue weighted by Gasteiger charge is -2.20. The number of carbonyl (C=O) groups is 1. The fourth-order valence-electron chi connectivity index (χ4n) is 1.89. The van der Waals surface area contributed by atoms with Gasteiger partial charge in [0.1, 0.15) is 5.69 Å². The Morgan fingerprint density at radius 2 is 2.33 bits per heavy atom. The zero-order valence-electron chi connectivity index (χ0n) is 8.14. The van der Waals surface area contributed by atoms with Gasteiger partial charge in [-0.3, -0.25) is 9.89 Å². The van der Waals surface area contributed by atoms with E-state index in [1.165, 1.54) is 0 Å². The molecule has 2 heterocycles. The average molecular weight is 228 g/mol. The zero-order valence-corrected chi connectivity index (χ0v) is 8.96. The van der Waals surface area contributed by atoms with E-state index in [1.807, 2.05) is 0 Å². The van der Waals surface area contributed by atoms with E-state index in [9.17, 15) is 13.2 Å². The summed E-state index contributed by atoms with van der Waals surface area (Å²) in [7, 11) is -2.91. The molecule has 1 atom stereocenters. The first kappa shape index (κ1) is 10.4. The van der Waals surface area contributed by atoms with Crippen LogP contribution in [0.5, 0.6) is 0 Å². The lowest BCUT2D eigenvalue weighted by molar-refractivity contribution is 0.111. The monoisotopic (exact) mass is 228 g/mol. The first-order valence-corrected chi connectivity index (χ1v) is 6.64. The van der Waals surface area contributed by atoms with Gasteiger partial charge in [-0.1, -0.05) is 0 Å². The number of rotatable bonds is 2. The van der Waals surface area contributed by atoms with Gasteiger partial charge in [0.2, 0.25) is 0 Å². The largest absolute Gasteiger partial charge is 0.296 e. The number of aromatic amines is 1. The third-order valence-corrected chi connectivity index (χ3v) is 4.46. The average Bonchev–Trinajstić information content (AvgIpc) is 2.64. The number of carbonyl (C=O) groups excluding carboxylic acids is 1. The fourth-order valence-corrected chi connectivity index (χ4v) is 3.62. The minimum absolute atomic E-state index is 0.0371. The minimum atomic E-state index is -2.91. The third-order valence-electron chi connectivity index (χ3n) is 2.64. The Morgan fingerprint density at radius 3 is 2.93 bits per heavy atom. The van der Waals surface area contributed by atoms with Gasteiger partial charge in [0.15, 0.2) is 16.1 Å². The number of nitrogens with one attached hydrogen (secondary N) is 1. The minimum Gasteiger partial charge on any atom is -0.296 e. The van der Waals surface area contributed by atoms with Gasteiger partial charge in [-0.2, -0.15) is 5.10 Å². The van der Waals surface area contributed by atoms with Crippen molar-refractivity contribution in [3.8, 4) is 0 Å². The van der Waals surface area contributed by atoms with Crippen LogP contribution in [0.25, 0.3) is 0 Å². The van der Waals surface area contributed by atoms with E-state index in [0.29, 0.717) is 18.4 Å². The van der Waals surface area contributed by atoms with Crippen molar-refractivity contribution in [2.75, 3.05) is 11.5 Å². The summed E-state index contributed by atoms with van der Waals surface area (Å²) in [6, 6.07) is 1.62. The third kappa shape index (κ3) is 2.26. The molecule has 0 aromatic carbocycles. The zero-order chi connectivity index (χ0) is 10.9. The smallest absolute Gasteiger partial charge is 0.170 e. The highest BCUT2D eigenvalue weighted by atomic mass is 32.2. The summed E-state index contributed by atoms with van der Waals surface area (Å²) in [6.07, 6.45) is 2.17. The molecule has 0 bridgehead atoms. The molecule has 82 valence electrons. The van der Waals surface area contributed by atoms with E-state index >= 15 is 0 Å². The number of sulfone groups is 1. The topological polar surface area (TPSA) is 79.9 Å². The maximum Gasteiger partial charge on any atom is 0.170 e. The maximum atomic E-state index is 11.4. The second kappa shape index (κ2) is 3.77. The Hall–Kier alpha value is -1.17. The molecular weight excluding hydrogens is 216 g/mol. The van der Waals surface area contributed by atoms with Crippen LogP contribution in [0.1, 0.15) is 34.9 Å². The number of aromatic nitrogens is 2. The summed E-state index contributed by atoms with van der Waals surface area (Å²) in [6.45, 7) is 0. The van der Waals surface area contributed by atoms with E-state index in [2.05, 4.69) is 10.2 Å². The molecule has 1 fully saturated rings. The summed E-state index contributed by atoms with van der Waals surface area (Å²) in [4.78, 5) is 10.4. The van der Waals surface area contributed by atoms with Crippen molar-refractivity contribution in [2.45, 2.75) is 18.8 Å². The predicted octanol–water partition coefficient (Wildman–Crippen LogP) is 0.514. The van der Waals surface area contributed by atoms with Crippen LogP contribution < -0.4 is 0 Å². The molecule has 1 aliphatic rings. The first-order valence-electron chi connectivity index (χ1n) is 4.81. The van der Waals surface area contributed by atoms with Gasteiger partial charge in [0.05, 0.1) is 11.5 Å². The second-order valence-electron chi connectivity index (χ2n) is 3.82. The van der Waals surface area contributed by atoms with Gasteiger partial charge in [0.25, 0.3) is 0 Å². The predicted molar refractivity (Wildman–Crippen MR) is 54.6 cm³/mol. The van der Waals surface area contributed by atoms with Crippen molar-refractivity contribution in [3.05, 3.63) is 17.5 Å². The van der Waals surface area contributed by atoms with E-state index < -0.39 is 9.84 Å². The molecular formula is C9H12N2O3S. The van der Waals surface area contributed by atoms with Crippen molar-refractivity contribution >= 4 is 16.1 Å². The van der Waals surface area contributed by atoms with Crippen LogP contribution in [0.3, 0.4) is 0 Å². The van der Waals surface area contributed by atoms with E-state index in [1.54, 1.807) is 6.07 Å². The molecule has 1 N–H and O–H groups in total. The van der Waals surface area contributed by atoms with Gasteiger partial charge >= 0.3 is 0 Å². The number of aldehydes is 1. The molecule has 0 spiro atoms. The van der Waals surface area contributed by atoms with Crippen molar-refractivity contribution in [3.63, 3.8) is 0 Å². The second-order valence-corrected chi connectivity index (χ2v) is 6.05. The Kier molecular flexibility index (Phi) is 2.60. The van der Waals surface area contributed by atoms with Crippen molar-refractivity contribution < 1.29 is 13.2 Å². The van der Waals surface area contributed by atoms with Gasteiger partial charge in [-0.25, -0.2) is 8.42 Å². The number of H-pyrrole nitrogens is 1. The van der Waals surface area contributed by atoms with Crippen molar-refractivity contribution in [2.24, 2.45) is 0 Å². The normalized spacial score (nSPS) is 24.9. The standard InChI is InChI=1S/C9H12N2O3S/c12-5-8-4-9(11-10-8)7-2-1-3-15(13,14)6-7/h4-5,7H,1-3,6H2,(H,10,11). The number of hydrogen-bond acceptors (Lipinski definition) is 4.